The van der Waals surface area contributed by atoms with Crippen molar-refractivity contribution in [1.29, 1.82) is 0 Å². The van der Waals surface area contributed by atoms with Crippen molar-refractivity contribution in [2.45, 2.75) is 133 Å². The number of hydrogen-bond donors (Lipinski definition) is 3. The molecular weight excluding hydrogens is 756 g/mol. The van der Waals surface area contributed by atoms with Gasteiger partial charge in [-0.25, -0.2) is 13.2 Å². The average molecular weight is 806 g/mol. The largest absolute Gasteiger partial charge is 0.459 e. The number of alkyl carbamates (subject to hydrolysis) is 1. The van der Waals surface area contributed by atoms with Gasteiger partial charge in [0.15, 0.2) is 0 Å². The first-order chi connectivity index (χ1) is 24.5. The van der Waals surface area contributed by atoms with Crippen molar-refractivity contribution in [2.24, 2.45) is 5.92 Å². The molecule has 4 aliphatic rings. The van der Waals surface area contributed by atoms with Gasteiger partial charge in [-0.2, -0.15) is 4.98 Å². The number of imidazole rings is 1. The molecular formula is C36H49BrN6O8S. The standard InChI is InChI=1S/C36H49BrN6O8S/c1-21(2)43-27-15-11-13-25(37)29(27)39-33(43)50-23-18-28-30(44)40-36(32(46)41-52(48,49)24-16-17-24)19-22(36)12-9-7-6-8-10-14-26(31(45)42(28)20-23)38-34(47)51-35(3,4)5/h9,11-13,15,21-24,26,28H,6-8,10,14,16-20H2,1-5H3,(H,38,47)(H,40,44)(H,41,46)/b12-9-/t22-,23-,26+,28+,36-/m1/s1. The summed E-state index contributed by atoms with van der Waals surface area (Å²) in [5.41, 5.74) is -0.732. The van der Waals surface area contributed by atoms with Crippen molar-refractivity contribution < 1.29 is 37.1 Å². The lowest BCUT2D eigenvalue weighted by atomic mass is 10.0. The molecule has 1 aromatic heterocycles. The maximum atomic E-state index is 14.5. The van der Waals surface area contributed by atoms with Crippen molar-refractivity contribution in [3.8, 4) is 6.01 Å². The number of halogens is 1. The number of ether oxygens (including phenoxy) is 2. The number of benzene rings is 1. The molecule has 1 aromatic carbocycles. The number of sulfonamides is 1. The molecule has 2 aliphatic carbocycles. The van der Waals surface area contributed by atoms with Crippen LogP contribution in [-0.2, 0) is 29.1 Å². The Kier molecular flexibility index (Phi) is 10.7. The van der Waals surface area contributed by atoms with Gasteiger partial charge < -0.3 is 25.0 Å². The Morgan fingerprint density at radius 3 is 2.56 bits per heavy atom. The van der Waals surface area contributed by atoms with Crippen LogP contribution in [0.25, 0.3) is 11.0 Å². The normalized spacial score (nSPS) is 27.9. The molecule has 6 rings (SSSR count). The molecule has 1 saturated heterocycles. The van der Waals surface area contributed by atoms with Gasteiger partial charge in [0, 0.05) is 22.9 Å². The van der Waals surface area contributed by atoms with E-state index < -0.39 is 74.3 Å². The molecule has 2 saturated carbocycles. The monoisotopic (exact) mass is 804 g/mol. The van der Waals surface area contributed by atoms with Crippen LogP contribution in [0, 0.1) is 5.92 Å². The summed E-state index contributed by atoms with van der Waals surface area (Å²) in [4.78, 5) is 61.7. The first-order valence-corrected chi connectivity index (χ1v) is 20.5. The molecule has 2 aliphatic heterocycles. The van der Waals surface area contributed by atoms with Gasteiger partial charge in [-0.1, -0.05) is 31.1 Å². The van der Waals surface area contributed by atoms with Crippen LogP contribution >= 0.6 is 15.9 Å². The van der Waals surface area contributed by atoms with Crippen LogP contribution in [-0.4, -0.2) is 87.8 Å². The lowest BCUT2D eigenvalue weighted by Crippen LogP contribution is -2.58. The van der Waals surface area contributed by atoms with Crippen molar-refractivity contribution in [3.05, 3.63) is 34.8 Å². The third kappa shape index (κ3) is 8.27. The molecule has 0 bridgehead atoms. The lowest BCUT2D eigenvalue weighted by molar-refractivity contribution is -0.141. The SMILES string of the molecule is CC(C)n1c(O[C@@H]2C[C@H]3C(=O)N[C@]4(C(=O)NS(=O)(=O)C5CC5)C[C@H]4/C=C\CCCCC[C@H](NC(=O)OC(C)(C)C)C(=O)N3C2)nc2c(Br)cccc21. The zero-order valence-electron chi connectivity index (χ0n) is 30.3. The summed E-state index contributed by atoms with van der Waals surface area (Å²) in [7, 11) is -3.88. The summed E-state index contributed by atoms with van der Waals surface area (Å²) >= 11 is 3.58. The molecule has 3 N–H and O–H groups in total. The van der Waals surface area contributed by atoms with E-state index in [1.807, 2.05) is 48.8 Å². The predicted octanol–water partition coefficient (Wildman–Crippen LogP) is 4.62. The fraction of sp³-hybridized carbons (Fsp3) is 0.639. The fourth-order valence-electron chi connectivity index (χ4n) is 7.09. The number of carbonyl (C=O) groups excluding carboxylic acids is 4. The average Bonchev–Trinajstić information content (AvgIpc) is 3.94. The van der Waals surface area contributed by atoms with Crippen LogP contribution in [0.5, 0.6) is 6.01 Å². The molecule has 2 aromatic rings. The van der Waals surface area contributed by atoms with Gasteiger partial charge in [-0.15, -0.1) is 0 Å². The topological polar surface area (TPSA) is 178 Å². The van der Waals surface area contributed by atoms with Crippen LogP contribution in [0.3, 0.4) is 0 Å². The molecule has 0 radical (unpaired) electrons. The molecule has 5 atom stereocenters. The van der Waals surface area contributed by atoms with Gasteiger partial charge in [-0.3, -0.25) is 23.7 Å². The molecule has 4 amide bonds. The Balaban J connectivity index is 1.32. The third-order valence-corrected chi connectivity index (χ3v) is 12.4. The summed E-state index contributed by atoms with van der Waals surface area (Å²) in [5, 5.41) is 5.02. The maximum Gasteiger partial charge on any atom is 0.408 e. The number of hydrogen-bond acceptors (Lipinski definition) is 9. The van der Waals surface area contributed by atoms with E-state index in [1.165, 1.54) is 4.90 Å². The highest BCUT2D eigenvalue weighted by Crippen LogP contribution is 2.46. The molecule has 52 heavy (non-hydrogen) atoms. The second-order valence-corrected chi connectivity index (χ2v) is 18.5. The van der Waals surface area contributed by atoms with E-state index in [-0.39, 0.29) is 25.4 Å². The second kappa shape index (κ2) is 14.6. The Morgan fingerprint density at radius 2 is 1.87 bits per heavy atom. The predicted molar refractivity (Wildman–Crippen MR) is 197 cm³/mol. The quantitative estimate of drug-likeness (QED) is 0.337. The van der Waals surface area contributed by atoms with Crippen LogP contribution in [0.2, 0.25) is 0 Å². The number of allylic oxidation sites excluding steroid dienone is 1. The number of rotatable bonds is 7. The Hall–Kier alpha value is -3.66. The van der Waals surface area contributed by atoms with Gasteiger partial charge >= 0.3 is 6.09 Å². The molecule has 3 fully saturated rings. The number of para-hydroxylation sites is 1. The molecule has 14 nitrogen and oxygen atoms in total. The minimum absolute atomic E-state index is 0.00444. The highest BCUT2D eigenvalue weighted by atomic mass is 79.9. The third-order valence-electron chi connectivity index (χ3n) is 9.96. The number of nitrogens with zero attached hydrogens (tertiary/aromatic N) is 3. The summed E-state index contributed by atoms with van der Waals surface area (Å²) in [6, 6.07) is 3.95. The molecule has 16 heteroatoms. The summed E-state index contributed by atoms with van der Waals surface area (Å²) in [5.74, 6) is -2.29. The van der Waals surface area contributed by atoms with Crippen molar-refractivity contribution >= 4 is 60.8 Å². The molecule has 3 heterocycles. The highest BCUT2D eigenvalue weighted by Gasteiger charge is 2.62. The van der Waals surface area contributed by atoms with E-state index in [9.17, 15) is 27.6 Å². The van der Waals surface area contributed by atoms with Gasteiger partial charge in [0.2, 0.25) is 21.8 Å². The highest BCUT2D eigenvalue weighted by molar-refractivity contribution is 9.10. The van der Waals surface area contributed by atoms with E-state index in [4.69, 9.17) is 14.5 Å². The number of nitrogens with one attached hydrogen (secondary N) is 3. The first-order valence-electron chi connectivity index (χ1n) is 18.2. The van der Waals surface area contributed by atoms with Crippen molar-refractivity contribution in [1.82, 2.24) is 29.8 Å². The van der Waals surface area contributed by atoms with Gasteiger partial charge in [0.1, 0.15) is 34.8 Å². The van der Waals surface area contributed by atoms with E-state index in [1.54, 1.807) is 20.8 Å². The Bertz CT molecular complexity index is 1870. The zero-order chi connectivity index (χ0) is 37.6. The van der Waals surface area contributed by atoms with Gasteiger partial charge in [0.25, 0.3) is 11.9 Å². The van der Waals surface area contributed by atoms with Crippen LogP contribution in [0.1, 0.15) is 98.4 Å². The van der Waals surface area contributed by atoms with Crippen molar-refractivity contribution in [3.63, 3.8) is 0 Å². The smallest absolute Gasteiger partial charge is 0.408 e. The van der Waals surface area contributed by atoms with Crippen LogP contribution < -0.4 is 20.1 Å². The first kappa shape index (κ1) is 38.1. The summed E-state index contributed by atoms with van der Waals surface area (Å²) in [6.45, 7) is 9.22. The van der Waals surface area contributed by atoms with E-state index >= 15 is 0 Å². The molecule has 0 spiro atoms. The Labute approximate surface area is 313 Å². The van der Waals surface area contributed by atoms with E-state index in [0.717, 1.165) is 22.8 Å². The number of fused-ring (bicyclic) bond motifs is 3. The van der Waals surface area contributed by atoms with Crippen LogP contribution in [0.4, 0.5) is 4.79 Å². The minimum Gasteiger partial charge on any atom is -0.459 e. The molecule has 284 valence electrons. The fourth-order valence-corrected chi connectivity index (χ4v) is 8.90. The Morgan fingerprint density at radius 1 is 1.12 bits per heavy atom. The van der Waals surface area contributed by atoms with Crippen LogP contribution in [0.15, 0.2) is 34.8 Å². The second-order valence-electron chi connectivity index (χ2n) is 15.7. The zero-order valence-corrected chi connectivity index (χ0v) is 32.7. The number of aromatic nitrogens is 2. The molecule has 0 unspecified atom stereocenters. The lowest BCUT2D eigenvalue weighted by Gasteiger charge is -2.30. The summed E-state index contributed by atoms with van der Waals surface area (Å²) < 4.78 is 42.6. The number of carbonyl (C=O) groups is 4. The number of amides is 4. The maximum absolute atomic E-state index is 14.5. The van der Waals surface area contributed by atoms with Gasteiger partial charge in [-0.05, 0) is 101 Å². The minimum atomic E-state index is -3.88. The van der Waals surface area contributed by atoms with E-state index in [2.05, 4.69) is 31.3 Å². The van der Waals surface area contributed by atoms with Gasteiger partial charge in [0.05, 0.1) is 17.3 Å². The summed E-state index contributed by atoms with van der Waals surface area (Å²) in [6.07, 6.45) is 6.87. The van der Waals surface area contributed by atoms with E-state index in [0.29, 0.717) is 43.6 Å². The van der Waals surface area contributed by atoms with Crippen molar-refractivity contribution in [2.75, 3.05) is 6.54 Å².